The van der Waals surface area contributed by atoms with E-state index in [2.05, 4.69) is 31.2 Å². The highest BCUT2D eigenvalue weighted by molar-refractivity contribution is 9.10. The molecular formula is C11H9BrN4O. The third-order valence-corrected chi connectivity index (χ3v) is 3.26. The first-order valence-electron chi connectivity index (χ1n) is 5.07. The number of carbonyl (C=O) groups excluding carboxylic acids is 1. The molecule has 0 unspecified atom stereocenters. The number of imidazole rings is 1. The zero-order valence-corrected chi connectivity index (χ0v) is 10.3. The minimum absolute atomic E-state index is 0.0257. The molecule has 0 radical (unpaired) electrons. The summed E-state index contributed by atoms with van der Waals surface area (Å²) in [5.41, 5.74) is 9.13. The van der Waals surface area contributed by atoms with E-state index in [9.17, 15) is 4.79 Å². The smallest absolute Gasteiger partial charge is 0.228 e. The van der Waals surface area contributed by atoms with Gasteiger partial charge in [-0.05, 0) is 33.6 Å². The maximum absolute atomic E-state index is 11.3. The van der Waals surface area contributed by atoms with Gasteiger partial charge in [-0.3, -0.25) is 4.79 Å². The van der Waals surface area contributed by atoms with Crippen LogP contribution in [0.3, 0.4) is 0 Å². The van der Waals surface area contributed by atoms with Crippen LogP contribution in [0.5, 0.6) is 0 Å². The summed E-state index contributed by atoms with van der Waals surface area (Å²) in [6, 6.07) is 5.74. The van der Waals surface area contributed by atoms with Crippen molar-refractivity contribution < 1.29 is 4.79 Å². The first-order chi connectivity index (χ1) is 8.13. The number of carbonyl (C=O) groups is 1. The van der Waals surface area contributed by atoms with Crippen molar-refractivity contribution in [2.75, 3.05) is 11.1 Å². The van der Waals surface area contributed by atoms with E-state index in [1.165, 1.54) is 0 Å². The van der Waals surface area contributed by atoms with Gasteiger partial charge in [-0.1, -0.05) is 6.07 Å². The van der Waals surface area contributed by atoms with Crippen molar-refractivity contribution in [1.82, 2.24) is 9.97 Å². The summed E-state index contributed by atoms with van der Waals surface area (Å²) in [5.74, 6) is 0.388. The molecule has 4 N–H and O–H groups in total. The van der Waals surface area contributed by atoms with Gasteiger partial charge in [-0.15, -0.1) is 0 Å². The highest BCUT2D eigenvalue weighted by Gasteiger charge is 2.19. The van der Waals surface area contributed by atoms with Crippen LogP contribution in [0.1, 0.15) is 5.56 Å². The third-order valence-electron chi connectivity index (χ3n) is 2.68. The van der Waals surface area contributed by atoms with Crippen LogP contribution in [0, 0.1) is 0 Å². The molecule has 5 nitrogen and oxygen atoms in total. The lowest BCUT2D eigenvalue weighted by molar-refractivity contribution is -0.115. The zero-order valence-electron chi connectivity index (χ0n) is 8.75. The van der Waals surface area contributed by atoms with Gasteiger partial charge in [0.25, 0.3) is 0 Å². The Morgan fingerprint density at radius 2 is 2.24 bits per heavy atom. The van der Waals surface area contributed by atoms with Crippen LogP contribution in [0.2, 0.25) is 0 Å². The van der Waals surface area contributed by atoms with Crippen molar-refractivity contribution in [3.63, 3.8) is 0 Å². The Hall–Kier alpha value is -1.82. The minimum Gasteiger partial charge on any atom is -0.369 e. The molecule has 0 aliphatic carbocycles. The number of nitrogen functional groups attached to an aromatic ring is 1. The van der Waals surface area contributed by atoms with Crippen molar-refractivity contribution in [2.24, 2.45) is 0 Å². The molecule has 1 aliphatic heterocycles. The predicted molar refractivity (Wildman–Crippen MR) is 68.5 cm³/mol. The Bertz CT molecular complexity index is 620. The molecule has 6 heteroatoms. The second-order valence-corrected chi connectivity index (χ2v) is 4.67. The fourth-order valence-corrected chi connectivity index (χ4v) is 2.46. The standard InChI is InChI=1S/C11H9BrN4O/c12-10-9(15-11(13)16-10)5-1-2-7-6(3-5)4-8(17)14-7/h1-3H,4H2,(H,14,17)(H3,13,15,16). The molecule has 2 aromatic rings. The van der Waals surface area contributed by atoms with Crippen molar-refractivity contribution in [2.45, 2.75) is 6.42 Å². The van der Waals surface area contributed by atoms with E-state index < -0.39 is 0 Å². The maximum Gasteiger partial charge on any atom is 0.228 e. The van der Waals surface area contributed by atoms with Crippen LogP contribution in [0.4, 0.5) is 11.6 Å². The van der Waals surface area contributed by atoms with Gasteiger partial charge in [0.1, 0.15) is 10.3 Å². The number of halogens is 1. The first kappa shape index (κ1) is 10.3. The molecule has 86 valence electrons. The van der Waals surface area contributed by atoms with E-state index in [0.717, 1.165) is 27.1 Å². The van der Waals surface area contributed by atoms with Crippen LogP contribution in [0.25, 0.3) is 11.3 Å². The van der Waals surface area contributed by atoms with Gasteiger partial charge in [0.2, 0.25) is 5.91 Å². The lowest BCUT2D eigenvalue weighted by atomic mass is 10.1. The van der Waals surface area contributed by atoms with Crippen LogP contribution >= 0.6 is 15.9 Å². The molecule has 3 rings (SSSR count). The van der Waals surface area contributed by atoms with Gasteiger partial charge < -0.3 is 16.0 Å². The summed E-state index contributed by atoms with van der Waals surface area (Å²) in [4.78, 5) is 18.3. The number of nitrogens with two attached hydrogens (primary N) is 1. The molecule has 0 spiro atoms. The normalized spacial score (nSPS) is 13.6. The highest BCUT2D eigenvalue weighted by atomic mass is 79.9. The SMILES string of the molecule is Nc1nc(-c2ccc3c(c2)CC(=O)N3)c(Br)[nH]1. The summed E-state index contributed by atoms with van der Waals surface area (Å²) >= 11 is 3.37. The summed E-state index contributed by atoms with van der Waals surface area (Å²) in [6.07, 6.45) is 0.417. The molecule has 0 fully saturated rings. The number of anilines is 2. The Kier molecular flexibility index (Phi) is 2.19. The van der Waals surface area contributed by atoms with E-state index in [1.54, 1.807) is 0 Å². The van der Waals surface area contributed by atoms with Gasteiger partial charge in [0.15, 0.2) is 5.95 Å². The molecule has 1 amide bonds. The van der Waals surface area contributed by atoms with Crippen LogP contribution in [-0.2, 0) is 11.2 Å². The van der Waals surface area contributed by atoms with Gasteiger partial charge in [0.05, 0.1) is 6.42 Å². The first-order valence-corrected chi connectivity index (χ1v) is 5.87. The number of hydrogen-bond acceptors (Lipinski definition) is 3. The molecule has 17 heavy (non-hydrogen) atoms. The fraction of sp³-hybridized carbons (Fsp3) is 0.0909. The molecule has 2 heterocycles. The number of nitrogens with zero attached hydrogens (tertiary/aromatic N) is 1. The second-order valence-electron chi connectivity index (χ2n) is 3.88. The van der Waals surface area contributed by atoms with E-state index in [0.29, 0.717) is 12.4 Å². The number of aromatic amines is 1. The van der Waals surface area contributed by atoms with Crippen LogP contribution in [-0.4, -0.2) is 15.9 Å². The number of amides is 1. The van der Waals surface area contributed by atoms with E-state index in [1.807, 2.05) is 18.2 Å². The fourth-order valence-electron chi connectivity index (χ4n) is 1.94. The average Bonchev–Trinajstić information content (AvgIpc) is 2.78. The number of hydrogen-bond donors (Lipinski definition) is 3. The van der Waals surface area contributed by atoms with Crippen molar-refractivity contribution in [3.8, 4) is 11.3 Å². The summed E-state index contributed by atoms with van der Waals surface area (Å²) in [6.45, 7) is 0. The lowest BCUT2D eigenvalue weighted by Gasteiger charge is -2.01. The van der Waals surface area contributed by atoms with E-state index >= 15 is 0 Å². The second kappa shape index (κ2) is 3.59. The molecule has 1 aromatic carbocycles. The molecule has 1 aliphatic rings. The number of rotatable bonds is 1. The van der Waals surface area contributed by atoms with Gasteiger partial charge in [0, 0.05) is 11.3 Å². The number of nitrogens with one attached hydrogen (secondary N) is 2. The number of aromatic nitrogens is 2. The third kappa shape index (κ3) is 1.70. The maximum atomic E-state index is 11.3. The van der Waals surface area contributed by atoms with Crippen LogP contribution in [0.15, 0.2) is 22.8 Å². The highest BCUT2D eigenvalue weighted by Crippen LogP contribution is 2.31. The molecule has 0 atom stereocenters. The lowest BCUT2D eigenvalue weighted by Crippen LogP contribution is -2.03. The summed E-state index contributed by atoms with van der Waals surface area (Å²) < 4.78 is 0.743. The number of benzene rings is 1. The average molecular weight is 293 g/mol. The van der Waals surface area contributed by atoms with E-state index in [4.69, 9.17) is 5.73 Å². The monoisotopic (exact) mass is 292 g/mol. The molecule has 0 bridgehead atoms. The Morgan fingerprint density at radius 1 is 1.41 bits per heavy atom. The summed E-state index contributed by atoms with van der Waals surface area (Å²) in [5, 5.41) is 2.79. The predicted octanol–water partition coefficient (Wildman–Crippen LogP) is 1.92. The van der Waals surface area contributed by atoms with Gasteiger partial charge in [-0.25, -0.2) is 4.98 Å². The van der Waals surface area contributed by atoms with Crippen LogP contribution < -0.4 is 11.1 Å². The van der Waals surface area contributed by atoms with Crippen molar-refractivity contribution >= 4 is 33.5 Å². The Morgan fingerprint density at radius 3 is 2.94 bits per heavy atom. The Labute approximate surface area is 106 Å². The van der Waals surface area contributed by atoms with Crippen molar-refractivity contribution in [3.05, 3.63) is 28.4 Å². The topological polar surface area (TPSA) is 83.8 Å². The quantitative estimate of drug-likeness (QED) is 0.751. The molecular weight excluding hydrogens is 284 g/mol. The largest absolute Gasteiger partial charge is 0.369 e. The molecule has 0 saturated carbocycles. The Balaban J connectivity index is 2.09. The summed E-state index contributed by atoms with van der Waals surface area (Å²) in [7, 11) is 0. The molecule has 1 aromatic heterocycles. The van der Waals surface area contributed by atoms with E-state index in [-0.39, 0.29) is 5.91 Å². The minimum atomic E-state index is 0.0257. The van der Waals surface area contributed by atoms with Crippen molar-refractivity contribution in [1.29, 1.82) is 0 Å². The molecule has 0 saturated heterocycles. The zero-order chi connectivity index (χ0) is 12.0. The van der Waals surface area contributed by atoms with Gasteiger partial charge in [-0.2, -0.15) is 0 Å². The number of H-pyrrole nitrogens is 1. The van der Waals surface area contributed by atoms with Gasteiger partial charge >= 0.3 is 0 Å². The number of fused-ring (bicyclic) bond motifs is 1.